The molecule has 2 rings (SSSR count). The molecular weight excluding hydrogens is 296 g/mol. The molecule has 104 valence electrons. The third-order valence-corrected chi connectivity index (χ3v) is 4.22. The van der Waals surface area contributed by atoms with E-state index in [2.05, 4.69) is 0 Å². The number of carboxylic acid groups (broad SMARTS) is 1. The lowest BCUT2D eigenvalue weighted by molar-refractivity contribution is -0.136. The number of hydrogen-bond acceptors (Lipinski definition) is 3. The molecule has 5 heteroatoms. The van der Waals surface area contributed by atoms with Crippen molar-refractivity contribution in [3.8, 4) is 5.75 Å². The average Bonchev–Trinajstić information content (AvgIpc) is 2.41. The van der Waals surface area contributed by atoms with Gasteiger partial charge in [0.05, 0.1) is 23.4 Å². The van der Waals surface area contributed by atoms with Crippen LogP contribution in [0.15, 0.2) is 52.3 Å². The highest BCUT2D eigenvalue weighted by atomic mass is 35.5. The summed E-state index contributed by atoms with van der Waals surface area (Å²) in [5, 5.41) is 9.58. The van der Waals surface area contributed by atoms with E-state index in [0.29, 0.717) is 16.3 Å². The molecule has 0 atom stereocenters. The molecule has 0 aromatic heterocycles. The number of hydrogen-bond donors (Lipinski definition) is 1. The molecule has 0 bridgehead atoms. The quantitative estimate of drug-likeness (QED) is 0.902. The molecular formula is C15H13ClO3S. The third kappa shape index (κ3) is 3.46. The van der Waals surface area contributed by atoms with Gasteiger partial charge in [0.15, 0.2) is 0 Å². The zero-order chi connectivity index (χ0) is 14.5. The van der Waals surface area contributed by atoms with Crippen molar-refractivity contribution >= 4 is 29.3 Å². The second-order valence-corrected chi connectivity index (χ2v) is 5.54. The van der Waals surface area contributed by atoms with Gasteiger partial charge in [0.25, 0.3) is 0 Å². The van der Waals surface area contributed by atoms with Gasteiger partial charge < -0.3 is 9.84 Å². The molecule has 0 spiro atoms. The lowest BCUT2D eigenvalue weighted by Crippen LogP contribution is -2.02. The van der Waals surface area contributed by atoms with Crippen LogP contribution in [0.1, 0.15) is 5.56 Å². The van der Waals surface area contributed by atoms with E-state index < -0.39 is 5.97 Å². The molecule has 0 heterocycles. The van der Waals surface area contributed by atoms with Crippen LogP contribution in [0, 0.1) is 0 Å². The van der Waals surface area contributed by atoms with E-state index in [0.717, 1.165) is 9.79 Å². The summed E-state index contributed by atoms with van der Waals surface area (Å²) in [5.74, 6) is -0.303. The van der Waals surface area contributed by atoms with Crippen LogP contribution in [0.4, 0.5) is 0 Å². The second-order valence-electron chi connectivity index (χ2n) is 4.05. The summed E-state index contributed by atoms with van der Waals surface area (Å²) in [6.07, 6.45) is -0.0694. The van der Waals surface area contributed by atoms with Crippen LogP contribution in [0.25, 0.3) is 0 Å². The van der Waals surface area contributed by atoms with Crippen LogP contribution >= 0.6 is 23.4 Å². The highest BCUT2D eigenvalue weighted by Gasteiger charge is 2.13. The number of carbonyl (C=O) groups is 1. The van der Waals surface area contributed by atoms with Gasteiger partial charge in [0.1, 0.15) is 5.75 Å². The predicted molar refractivity (Wildman–Crippen MR) is 79.9 cm³/mol. The Kier molecular flexibility index (Phi) is 4.93. The minimum Gasteiger partial charge on any atom is -0.495 e. The van der Waals surface area contributed by atoms with Crippen molar-refractivity contribution in [1.82, 2.24) is 0 Å². The summed E-state index contributed by atoms with van der Waals surface area (Å²) >= 11 is 7.59. The fourth-order valence-corrected chi connectivity index (χ4v) is 3.08. The monoisotopic (exact) mass is 308 g/mol. The number of halogens is 1. The van der Waals surface area contributed by atoms with Crippen molar-refractivity contribution in [3.05, 3.63) is 53.1 Å². The largest absolute Gasteiger partial charge is 0.495 e. The molecule has 0 amide bonds. The number of rotatable bonds is 5. The molecule has 3 nitrogen and oxygen atoms in total. The SMILES string of the molecule is COc1c(CC(=O)O)cccc1Sc1ccccc1Cl. The molecule has 0 aliphatic rings. The summed E-state index contributed by atoms with van der Waals surface area (Å²) in [5.41, 5.74) is 0.650. The van der Waals surface area contributed by atoms with Crippen molar-refractivity contribution in [3.63, 3.8) is 0 Å². The third-order valence-electron chi connectivity index (χ3n) is 2.66. The number of methoxy groups -OCH3 is 1. The number of para-hydroxylation sites is 1. The van der Waals surface area contributed by atoms with Crippen molar-refractivity contribution in [2.45, 2.75) is 16.2 Å². The van der Waals surface area contributed by atoms with Crippen molar-refractivity contribution < 1.29 is 14.6 Å². The Morgan fingerprint density at radius 2 is 1.90 bits per heavy atom. The molecule has 0 unspecified atom stereocenters. The van der Waals surface area contributed by atoms with E-state index in [1.54, 1.807) is 6.07 Å². The van der Waals surface area contributed by atoms with Crippen LogP contribution in [0.5, 0.6) is 5.75 Å². The average molecular weight is 309 g/mol. The lowest BCUT2D eigenvalue weighted by atomic mass is 10.1. The smallest absolute Gasteiger partial charge is 0.307 e. The number of ether oxygens (including phenoxy) is 1. The fourth-order valence-electron chi connectivity index (χ4n) is 1.82. The number of benzene rings is 2. The van der Waals surface area contributed by atoms with Gasteiger partial charge in [0, 0.05) is 10.5 Å². The van der Waals surface area contributed by atoms with Crippen LogP contribution < -0.4 is 4.74 Å². The van der Waals surface area contributed by atoms with E-state index in [1.807, 2.05) is 36.4 Å². The van der Waals surface area contributed by atoms with Gasteiger partial charge in [-0.1, -0.05) is 47.6 Å². The lowest BCUT2D eigenvalue weighted by Gasteiger charge is -2.12. The van der Waals surface area contributed by atoms with Gasteiger partial charge >= 0.3 is 5.97 Å². The summed E-state index contributed by atoms with van der Waals surface area (Å²) in [6, 6.07) is 13.0. The first-order chi connectivity index (χ1) is 9.61. The Balaban J connectivity index is 2.37. The first kappa shape index (κ1) is 14.8. The van der Waals surface area contributed by atoms with E-state index in [9.17, 15) is 4.79 Å². The predicted octanol–water partition coefficient (Wildman–Crippen LogP) is 4.13. The van der Waals surface area contributed by atoms with E-state index >= 15 is 0 Å². The van der Waals surface area contributed by atoms with Crippen LogP contribution in [0.3, 0.4) is 0 Å². The first-order valence-electron chi connectivity index (χ1n) is 5.92. The Bertz CT molecular complexity index is 628. The molecule has 2 aromatic carbocycles. The molecule has 0 aliphatic heterocycles. The zero-order valence-electron chi connectivity index (χ0n) is 10.8. The highest BCUT2D eigenvalue weighted by molar-refractivity contribution is 7.99. The Morgan fingerprint density at radius 3 is 2.55 bits per heavy atom. The maximum atomic E-state index is 10.9. The normalized spacial score (nSPS) is 10.3. The summed E-state index contributed by atoms with van der Waals surface area (Å²) < 4.78 is 5.36. The highest BCUT2D eigenvalue weighted by Crippen LogP contribution is 2.39. The molecule has 0 aliphatic carbocycles. The van der Waals surface area contributed by atoms with Crippen LogP contribution in [-0.2, 0) is 11.2 Å². The zero-order valence-corrected chi connectivity index (χ0v) is 12.4. The fraction of sp³-hybridized carbons (Fsp3) is 0.133. The summed E-state index contributed by atoms with van der Waals surface area (Å²) in [7, 11) is 1.54. The van der Waals surface area contributed by atoms with Gasteiger partial charge in [-0.25, -0.2) is 0 Å². The van der Waals surface area contributed by atoms with Gasteiger partial charge in [-0.2, -0.15) is 0 Å². The standard InChI is InChI=1S/C15H13ClO3S/c1-19-15-10(9-14(17)18)5-4-8-13(15)20-12-7-3-2-6-11(12)16/h2-8H,9H2,1H3,(H,17,18). The maximum absolute atomic E-state index is 10.9. The summed E-state index contributed by atoms with van der Waals surface area (Å²) in [6.45, 7) is 0. The number of carboxylic acids is 1. The van der Waals surface area contributed by atoms with Gasteiger partial charge in [-0.05, 0) is 18.2 Å². The van der Waals surface area contributed by atoms with Crippen molar-refractivity contribution in [1.29, 1.82) is 0 Å². The molecule has 1 N–H and O–H groups in total. The van der Waals surface area contributed by atoms with Gasteiger partial charge in [0.2, 0.25) is 0 Å². The van der Waals surface area contributed by atoms with Crippen molar-refractivity contribution in [2.24, 2.45) is 0 Å². The molecule has 0 radical (unpaired) electrons. The molecule has 0 fully saturated rings. The maximum Gasteiger partial charge on any atom is 0.307 e. The topological polar surface area (TPSA) is 46.5 Å². The Labute approximate surface area is 126 Å². The first-order valence-corrected chi connectivity index (χ1v) is 7.11. The van der Waals surface area contributed by atoms with Crippen LogP contribution in [0.2, 0.25) is 5.02 Å². The minimum absolute atomic E-state index is 0.0694. The van der Waals surface area contributed by atoms with Gasteiger partial charge in [-0.15, -0.1) is 0 Å². The van der Waals surface area contributed by atoms with Crippen LogP contribution in [-0.4, -0.2) is 18.2 Å². The van der Waals surface area contributed by atoms with E-state index in [-0.39, 0.29) is 6.42 Å². The van der Waals surface area contributed by atoms with Crippen molar-refractivity contribution in [2.75, 3.05) is 7.11 Å². The summed E-state index contributed by atoms with van der Waals surface area (Å²) in [4.78, 5) is 12.6. The Hall–Kier alpha value is -1.65. The van der Waals surface area contributed by atoms with Gasteiger partial charge in [-0.3, -0.25) is 4.79 Å². The Morgan fingerprint density at radius 1 is 1.20 bits per heavy atom. The second kappa shape index (κ2) is 6.68. The molecule has 0 saturated carbocycles. The minimum atomic E-state index is -0.886. The molecule has 2 aromatic rings. The van der Waals surface area contributed by atoms with E-state index in [1.165, 1.54) is 18.9 Å². The molecule has 20 heavy (non-hydrogen) atoms. The van der Waals surface area contributed by atoms with E-state index in [4.69, 9.17) is 21.4 Å². The number of aliphatic carboxylic acids is 1. The molecule has 0 saturated heterocycles.